The second-order valence-electron chi connectivity index (χ2n) is 7.45. The van der Waals surface area contributed by atoms with E-state index in [0.29, 0.717) is 24.8 Å². The number of aliphatic hydroxyl groups excluding tert-OH is 2. The molecule has 2 fully saturated rings. The normalized spacial score (nSPS) is 26.1. The van der Waals surface area contributed by atoms with Gasteiger partial charge in [-0.1, -0.05) is 23.5 Å². The molecule has 1 unspecified atom stereocenters. The van der Waals surface area contributed by atoms with Crippen LogP contribution in [0.15, 0.2) is 24.3 Å². The van der Waals surface area contributed by atoms with Crippen LogP contribution in [0.2, 0.25) is 0 Å². The average Bonchev–Trinajstić information content (AvgIpc) is 3.29. The number of nitrogens with zero attached hydrogens (tertiary/aromatic N) is 3. The van der Waals surface area contributed by atoms with Crippen LogP contribution >= 0.6 is 11.3 Å². The van der Waals surface area contributed by atoms with E-state index in [1.165, 1.54) is 11.3 Å². The SMILES string of the molecule is O=C(C1CC(=O)N(c2nc3ccccc3s2)C1)N1C[C@H](CO)C[C@H](CO)C1. The number of hydrogen-bond donors (Lipinski definition) is 2. The number of thiazole rings is 1. The highest BCUT2D eigenvalue weighted by Crippen LogP contribution is 2.33. The number of piperidine rings is 1. The van der Waals surface area contributed by atoms with Gasteiger partial charge in [0.2, 0.25) is 11.8 Å². The van der Waals surface area contributed by atoms with Gasteiger partial charge in [0.05, 0.1) is 16.1 Å². The number of likely N-dealkylation sites (tertiary alicyclic amines) is 1. The van der Waals surface area contributed by atoms with E-state index in [-0.39, 0.29) is 43.3 Å². The average molecular weight is 389 g/mol. The third-order valence-corrected chi connectivity index (χ3v) is 6.50. The van der Waals surface area contributed by atoms with Crippen LogP contribution < -0.4 is 4.90 Å². The van der Waals surface area contributed by atoms with Gasteiger partial charge in [-0.15, -0.1) is 0 Å². The highest BCUT2D eigenvalue weighted by Gasteiger charge is 2.40. The molecule has 2 amide bonds. The number of carbonyl (C=O) groups excluding carboxylic acids is 2. The lowest BCUT2D eigenvalue weighted by atomic mass is 9.89. The van der Waals surface area contributed by atoms with Crippen molar-refractivity contribution in [2.24, 2.45) is 17.8 Å². The summed E-state index contributed by atoms with van der Waals surface area (Å²) < 4.78 is 1.02. The maximum Gasteiger partial charge on any atom is 0.229 e. The monoisotopic (exact) mass is 389 g/mol. The molecule has 0 radical (unpaired) electrons. The number of amides is 2. The van der Waals surface area contributed by atoms with Crippen LogP contribution in [0.3, 0.4) is 0 Å². The quantitative estimate of drug-likeness (QED) is 0.817. The summed E-state index contributed by atoms with van der Waals surface area (Å²) in [7, 11) is 0. The molecule has 7 nitrogen and oxygen atoms in total. The molecule has 27 heavy (non-hydrogen) atoms. The Labute approximate surface area is 161 Å². The summed E-state index contributed by atoms with van der Waals surface area (Å²) in [5.74, 6) is -0.582. The van der Waals surface area contributed by atoms with E-state index in [1.54, 1.807) is 9.80 Å². The van der Waals surface area contributed by atoms with Gasteiger partial charge in [-0.2, -0.15) is 0 Å². The number of anilines is 1. The van der Waals surface area contributed by atoms with E-state index >= 15 is 0 Å². The van der Waals surface area contributed by atoms with E-state index in [9.17, 15) is 19.8 Å². The number of rotatable bonds is 4. The van der Waals surface area contributed by atoms with Crippen molar-refractivity contribution in [1.29, 1.82) is 0 Å². The van der Waals surface area contributed by atoms with Crippen LogP contribution in [0.4, 0.5) is 5.13 Å². The summed E-state index contributed by atoms with van der Waals surface area (Å²) in [5, 5.41) is 19.6. The predicted molar refractivity (Wildman–Crippen MR) is 102 cm³/mol. The van der Waals surface area contributed by atoms with Gasteiger partial charge in [-0.05, 0) is 18.6 Å². The summed E-state index contributed by atoms with van der Waals surface area (Å²) in [6.07, 6.45) is 0.900. The summed E-state index contributed by atoms with van der Waals surface area (Å²) in [5.41, 5.74) is 0.854. The summed E-state index contributed by atoms with van der Waals surface area (Å²) in [6.45, 7) is 1.31. The minimum Gasteiger partial charge on any atom is -0.396 e. The third-order valence-electron chi connectivity index (χ3n) is 5.44. The van der Waals surface area contributed by atoms with Gasteiger partial charge in [-0.3, -0.25) is 14.5 Å². The second-order valence-corrected chi connectivity index (χ2v) is 8.45. The molecule has 2 aliphatic rings. The number of carbonyl (C=O) groups is 2. The molecular weight excluding hydrogens is 366 g/mol. The van der Waals surface area contributed by atoms with Gasteiger partial charge in [-0.25, -0.2) is 4.98 Å². The highest BCUT2D eigenvalue weighted by molar-refractivity contribution is 7.22. The van der Waals surface area contributed by atoms with Crippen LogP contribution in [0.5, 0.6) is 0 Å². The van der Waals surface area contributed by atoms with Crippen LogP contribution in [-0.2, 0) is 9.59 Å². The molecule has 0 bridgehead atoms. The molecule has 3 heterocycles. The molecule has 3 atom stereocenters. The first-order valence-electron chi connectivity index (χ1n) is 9.25. The van der Waals surface area contributed by atoms with Crippen LogP contribution in [0.25, 0.3) is 10.2 Å². The zero-order chi connectivity index (χ0) is 19.0. The number of benzene rings is 1. The number of para-hydroxylation sites is 1. The fourth-order valence-corrected chi connectivity index (χ4v) is 5.05. The lowest BCUT2D eigenvalue weighted by molar-refractivity contribution is -0.139. The summed E-state index contributed by atoms with van der Waals surface area (Å²) >= 11 is 1.46. The van der Waals surface area contributed by atoms with E-state index in [1.807, 2.05) is 24.3 Å². The first-order chi connectivity index (χ1) is 13.1. The molecule has 2 aliphatic heterocycles. The van der Waals surface area contributed by atoms with Crippen molar-refractivity contribution in [1.82, 2.24) is 9.88 Å². The molecule has 8 heteroatoms. The van der Waals surface area contributed by atoms with Gasteiger partial charge >= 0.3 is 0 Å². The Morgan fingerprint density at radius 3 is 2.52 bits per heavy atom. The first kappa shape index (κ1) is 18.3. The summed E-state index contributed by atoms with van der Waals surface area (Å²) in [6, 6.07) is 7.73. The fourth-order valence-electron chi connectivity index (χ4n) is 4.05. The van der Waals surface area contributed by atoms with Crippen LogP contribution in [-0.4, -0.2) is 64.8 Å². The van der Waals surface area contributed by atoms with Crippen molar-refractivity contribution < 1.29 is 19.8 Å². The topological polar surface area (TPSA) is 94.0 Å². The predicted octanol–water partition coefficient (Wildman–Crippen LogP) is 1.10. The van der Waals surface area contributed by atoms with E-state index in [2.05, 4.69) is 4.98 Å². The Kier molecular flexibility index (Phi) is 5.12. The molecule has 144 valence electrons. The van der Waals surface area contributed by atoms with E-state index < -0.39 is 5.92 Å². The fraction of sp³-hybridized carbons (Fsp3) is 0.526. The Balaban J connectivity index is 1.48. The number of aromatic nitrogens is 1. The molecule has 2 saturated heterocycles. The molecule has 0 spiro atoms. The number of aliphatic hydroxyl groups is 2. The van der Waals surface area contributed by atoms with Gasteiger partial charge < -0.3 is 15.1 Å². The van der Waals surface area contributed by atoms with Crippen LogP contribution in [0, 0.1) is 17.8 Å². The Morgan fingerprint density at radius 1 is 1.15 bits per heavy atom. The lowest BCUT2D eigenvalue weighted by Crippen LogP contribution is -2.48. The Hall–Kier alpha value is -2.03. The summed E-state index contributed by atoms with van der Waals surface area (Å²) in [4.78, 5) is 33.4. The van der Waals surface area contributed by atoms with Crippen molar-refractivity contribution in [2.75, 3.05) is 37.7 Å². The van der Waals surface area contributed by atoms with Crippen LogP contribution in [0.1, 0.15) is 12.8 Å². The van der Waals surface area contributed by atoms with Crippen molar-refractivity contribution in [3.63, 3.8) is 0 Å². The van der Waals surface area contributed by atoms with E-state index in [4.69, 9.17) is 0 Å². The smallest absolute Gasteiger partial charge is 0.229 e. The van der Waals surface area contributed by atoms with Gasteiger partial charge in [0.15, 0.2) is 5.13 Å². The van der Waals surface area contributed by atoms with Gasteiger partial charge in [0.1, 0.15) is 0 Å². The standard InChI is InChI=1S/C19H23N3O4S/c23-10-12-5-13(11-24)8-21(7-12)18(26)14-6-17(25)22(9-14)19-20-15-3-1-2-4-16(15)27-19/h1-4,12-14,23-24H,5-11H2/t12-,13+,14?. The first-order valence-corrected chi connectivity index (χ1v) is 10.1. The molecule has 2 aromatic rings. The number of fused-ring (bicyclic) bond motifs is 1. The number of hydrogen-bond acceptors (Lipinski definition) is 6. The van der Waals surface area contributed by atoms with Crippen molar-refractivity contribution in [3.8, 4) is 0 Å². The van der Waals surface area contributed by atoms with Crippen molar-refractivity contribution >= 4 is 38.5 Å². The Bertz CT molecular complexity index is 809. The molecule has 0 aliphatic carbocycles. The maximum absolute atomic E-state index is 13.0. The lowest BCUT2D eigenvalue weighted by Gasteiger charge is -2.37. The van der Waals surface area contributed by atoms with E-state index in [0.717, 1.165) is 16.6 Å². The Morgan fingerprint density at radius 2 is 1.85 bits per heavy atom. The molecular formula is C19H23N3O4S. The molecule has 1 aromatic carbocycles. The molecule has 2 N–H and O–H groups in total. The highest BCUT2D eigenvalue weighted by atomic mass is 32.1. The molecule has 0 saturated carbocycles. The second kappa shape index (κ2) is 7.53. The molecule has 1 aromatic heterocycles. The largest absolute Gasteiger partial charge is 0.396 e. The minimum absolute atomic E-state index is 0.00169. The third kappa shape index (κ3) is 3.56. The molecule has 4 rings (SSSR count). The maximum atomic E-state index is 13.0. The van der Waals surface area contributed by atoms with Crippen molar-refractivity contribution in [3.05, 3.63) is 24.3 Å². The van der Waals surface area contributed by atoms with Crippen molar-refractivity contribution in [2.45, 2.75) is 12.8 Å². The van der Waals surface area contributed by atoms with Gasteiger partial charge in [0.25, 0.3) is 0 Å². The zero-order valence-electron chi connectivity index (χ0n) is 15.0. The minimum atomic E-state index is -0.402. The van der Waals surface area contributed by atoms with Gasteiger partial charge in [0, 0.05) is 51.1 Å². The zero-order valence-corrected chi connectivity index (χ0v) is 15.8.